The number of carbonyl (C=O) groups is 2. The molecule has 1 aromatic carbocycles. The molecule has 3 nitrogen and oxygen atoms in total. The van der Waals surface area contributed by atoms with Crippen LogP contribution in [0.1, 0.15) is 65.8 Å². The van der Waals surface area contributed by atoms with E-state index in [1.54, 1.807) is 6.07 Å². The van der Waals surface area contributed by atoms with Crippen LogP contribution in [-0.2, 0) is 6.42 Å². The van der Waals surface area contributed by atoms with Crippen LogP contribution in [0.15, 0.2) is 18.2 Å². The normalized spacial score (nSPS) is 14.1. The Labute approximate surface area is 114 Å². The molecular weight excluding hydrogens is 238 g/mol. The molecule has 0 radical (unpaired) electrons. The number of amides is 2. The molecule has 0 spiro atoms. The zero-order chi connectivity index (χ0) is 13.8. The van der Waals surface area contributed by atoms with Gasteiger partial charge in [-0.25, -0.2) is 0 Å². The van der Waals surface area contributed by atoms with E-state index in [4.69, 9.17) is 0 Å². The molecule has 1 heterocycles. The molecule has 0 bridgehead atoms. The first-order valence-corrected chi connectivity index (χ1v) is 7.18. The van der Waals surface area contributed by atoms with Gasteiger partial charge in [-0.2, -0.15) is 0 Å². The topological polar surface area (TPSA) is 37.4 Å². The van der Waals surface area contributed by atoms with E-state index < -0.39 is 0 Å². The smallest absolute Gasteiger partial charge is 0.261 e. The number of aryl methyl sites for hydroxylation is 1. The molecule has 1 aromatic rings. The van der Waals surface area contributed by atoms with E-state index in [1.165, 1.54) is 24.2 Å². The minimum absolute atomic E-state index is 0.141. The van der Waals surface area contributed by atoms with Crippen molar-refractivity contribution in [2.24, 2.45) is 0 Å². The molecule has 0 saturated carbocycles. The van der Waals surface area contributed by atoms with E-state index in [1.807, 2.05) is 19.1 Å². The van der Waals surface area contributed by atoms with Gasteiger partial charge in [0.1, 0.15) is 0 Å². The number of unbranched alkanes of at least 4 members (excludes halogenated alkanes) is 3. The van der Waals surface area contributed by atoms with E-state index in [-0.39, 0.29) is 11.8 Å². The lowest BCUT2D eigenvalue weighted by Crippen LogP contribution is -2.29. The summed E-state index contributed by atoms with van der Waals surface area (Å²) >= 11 is 0. The Kier molecular flexibility index (Phi) is 4.35. The Balaban J connectivity index is 2.11. The predicted molar refractivity (Wildman–Crippen MR) is 75.3 cm³/mol. The lowest BCUT2D eigenvalue weighted by molar-refractivity contribution is 0.0663. The van der Waals surface area contributed by atoms with Crippen molar-refractivity contribution in [1.82, 2.24) is 4.90 Å². The fourth-order valence-corrected chi connectivity index (χ4v) is 2.54. The van der Waals surface area contributed by atoms with Crippen LogP contribution in [0.2, 0.25) is 0 Å². The molecule has 102 valence electrons. The summed E-state index contributed by atoms with van der Waals surface area (Å²) in [5, 5.41) is 0. The monoisotopic (exact) mass is 259 g/mol. The van der Waals surface area contributed by atoms with Gasteiger partial charge in [0.2, 0.25) is 0 Å². The van der Waals surface area contributed by atoms with Gasteiger partial charge >= 0.3 is 0 Å². The summed E-state index contributed by atoms with van der Waals surface area (Å²) in [6.07, 6.45) is 5.84. The molecule has 2 rings (SSSR count). The van der Waals surface area contributed by atoms with E-state index >= 15 is 0 Å². The molecule has 1 aliphatic rings. The van der Waals surface area contributed by atoms with E-state index in [0.717, 1.165) is 18.4 Å². The van der Waals surface area contributed by atoms with E-state index in [0.29, 0.717) is 17.7 Å². The van der Waals surface area contributed by atoms with Gasteiger partial charge in [-0.05, 0) is 37.5 Å². The lowest BCUT2D eigenvalue weighted by atomic mass is 10.0. The average molecular weight is 259 g/mol. The fourth-order valence-electron chi connectivity index (χ4n) is 2.54. The molecule has 19 heavy (non-hydrogen) atoms. The predicted octanol–water partition coefficient (Wildman–Crippen LogP) is 3.43. The number of nitrogens with zero attached hydrogens (tertiary/aromatic N) is 1. The first-order chi connectivity index (χ1) is 9.19. The number of carbonyl (C=O) groups excluding carboxylic acids is 2. The van der Waals surface area contributed by atoms with Crippen LogP contribution in [-0.4, -0.2) is 23.3 Å². The fraction of sp³-hybridized carbons (Fsp3) is 0.500. The third-order valence-corrected chi connectivity index (χ3v) is 3.67. The Morgan fingerprint density at radius 3 is 2.37 bits per heavy atom. The zero-order valence-corrected chi connectivity index (χ0v) is 11.7. The highest BCUT2D eigenvalue weighted by Gasteiger charge is 2.34. The van der Waals surface area contributed by atoms with Gasteiger partial charge in [0, 0.05) is 6.54 Å². The van der Waals surface area contributed by atoms with E-state index in [9.17, 15) is 9.59 Å². The second kappa shape index (κ2) is 6.00. The third kappa shape index (κ3) is 2.70. The molecule has 0 saturated heterocycles. The minimum Gasteiger partial charge on any atom is -0.275 e. The first-order valence-electron chi connectivity index (χ1n) is 7.18. The number of hydrogen-bond donors (Lipinski definition) is 0. The second-order valence-electron chi connectivity index (χ2n) is 5.05. The highest BCUT2D eigenvalue weighted by Crippen LogP contribution is 2.24. The van der Waals surface area contributed by atoms with Crippen LogP contribution in [0.5, 0.6) is 0 Å². The van der Waals surface area contributed by atoms with Gasteiger partial charge in [0.15, 0.2) is 0 Å². The van der Waals surface area contributed by atoms with Crippen molar-refractivity contribution in [2.45, 2.75) is 46.0 Å². The summed E-state index contributed by atoms with van der Waals surface area (Å²) in [7, 11) is 0. The SMILES string of the molecule is CCCCCCc1ccc2c(c1)C(=O)N(CC)C2=O. The molecule has 3 heteroatoms. The number of hydrogen-bond acceptors (Lipinski definition) is 2. The van der Waals surface area contributed by atoms with Crippen LogP contribution < -0.4 is 0 Å². The maximum atomic E-state index is 12.1. The number of rotatable bonds is 6. The van der Waals surface area contributed by atoms with Gasteiger partial charge in [-0.3, -0.25) is 14.5 Å². The molecule has 1 aliphatic heterocycles. The van der Waals surface area contributed by atoms with Crippen LogP contribution in [0.4, 0.5) is 0 Å². The number of benzene rings is 1. The number of fused-ring (bicyclic) bond motifs is 1. The summed E-state index contributed by atoms with van der Waals surface area (Å²) in [6.45, 7) is 4.46. The lowest BCUT2D eigenvalue weighted by Gasteiger charge is -2.08. The highest BCUT2D eigenvalue weighted by molar-refractivity contribution is 6.21. The van der Waals surface area contributed by atoms with Crippen LogP contribution in [0.3, 0.4) is 0 Å². The summed E-state index contributed by atoms with van der Waals surface area (Å²) < 4.78 is 0. The molecular formula is C16H21NO2. The molecule has 0 aromatic heterocycles. The number of imide groups is 1. The summed E-state index contributed by atoms with van der Waals surface area (Å²) in [5.41, 5.74) is 2.30. The summed E-state index contributed by atoms with van der Waals surface area (Å²) in [4.78, 5) is 25.3. The quantitative estimate of drug-likeness (QED) is 0.580. The van der Waals surface area contributed by atoms with Crippen molar-refractivity contribution in [1.29, 1.82) is 0 Å². The molecule has 0 unspecified atom stereocenters. The highest BCUT2D eigenvalue weighted by atomic mass is 16.2. The van der Waals surface area contributed by atoms with Gasteiger partial charge in [-0.1, -0.05) is 32.3 Å². The van der Waals surface area contributed by atoms with Gasteiger partial charge < -0.3 is 0 Å². The molecule has 2 amide bonds. The van der Waals surface area contributed by atoms with Crippen molar-refractivity contribution in [3.63, 3.8) is 0 Å². The molecule has 0 aliphatic carbocycles. The summed E-state index contributed by atoms with van der Waals surface area (Å²) in [6, 6.07) is 5.69. The van der Waals surface area contributed by atoms with Crippen molar-refractivity contribution >= 4 is 11.8 Å². The Hall–Kier alpha value is -1.64. The van der Waals surface area contributed by atoms with Crippen molar-refractivity contribution in [3.8, 4) is 0 Å². The molecule has 0 atom stereocenters. The largest absolute Gasteiger partial charge is 0.275 e. The average Bonchev–Trinajstić information content (AvgIpc) is 2.66. The van der Waals surface area contributed by atoms with Crippen LogP contribution in [0, 0.1) is 0 Å². The van der Waals surface area contributed by atoms with E-state index in [2.05, 4.69) is 6.92 Å². The standard InChI is InChI=1S/C16H21NO2/c1-3-5-6-7-8-12-9-10-13-14(11-12)16(19)17(4-2)15(13)18/h9-11H,3-8H2,1-2H3. The maximum absolute atomic E-state index is 12.1. The maximum Gasteiger partial charge on any atom is 0.261 e. The zero-order valence-electron chi connectivity index (χ0n) is 11.7. The van der Waals surface area contributed by atoms with Crippen molar-refractivity contribution in [2.75, 3.05) is 6.54 Å². The van der Waals surface area contributed by atoms with Crippen LogP contribution >= 0.6 is 0 Å². The second-order valence-corrected chi connectivity index (χ2v) is 5.05. The van der Waals surface area contributed by atoms with Crippen molar-refractivity contribution in [3.05, 3.63) is 34.9 Å². The van der Waals surface area contributed by atoms with Gasteiger partial charge in [-0.15, -0.1) is 0 Å². The van der Waals surface area contributed by atoms with Crippen molar-refractivity contribution < 1.29 is 9.59 Å². The Morgan fingerprint density at radius 2 is 1.68 bits per heavy atom. The first kappa shape index (κ1) is 13.8. The Morgan fingerprint density at radius 1 is 0.947 bits per heavy atom. The minimum atomic E-state index is -0.153. The molecule has 0 fully saturated rings. The van der Waals surface area contributed by atoms with Gasteiger partial charge in [0.05, 0.1) is 11.1 Å². The Bertz CT molecular complexity index is 494. The van der Waals surface area contributed by atoms with Gasteiger partial charge in [0.25, 0.3) is 11.8 Å². The molecule has 0 N–H and O–H groups in total. The summed E-state index contributed by atoms with van der Waals surface area (Å²) in [5.74, 6) is -0.294. The van der Waals surface area contributed by atoms with Crippen LogP contribution in [0.25, 0.3) is 0 Å². The third-order valence-electron chi connectivity index (χ3n) is 3.67.